The average Bonchev–Trinajstić information content (AvgIpc) is 2.84. The van der Waals surface area contributed by atoms with Crippen LogP contribution in [-0.2, 0) is 4.79 Å². The first-order valence-corrected chi connectivity index (χ1v) is 4.17. The second-order valence-corrected chi connectivity index (χ2v) is 3.31. The van der Waals surface area contributed by atoms with Crippen LogP contribution in [0.25, 0.3) is 0 Å². The van der Waals surface area contributed by atoms with Crippen LogP contribution in [0.1, 0.15) is 17.9 Å². The number of benzene rings is 1. The van der Waals surface area contributed by atoms with E-state index < -0.39 is 5.97 Å². The largest absolute Gasteiger partial charge is 0.481 e. The second-order valence-electron chi connectivity index (χ2n) is 3.31. The van der Waals surface area contributed by atoms with Gasteiger partial charge in [0.15, 0.2) is 0 Å². The standard InChI is InChI=1S/C10H9FO2/c11-9-4-2-1-3-6(9)7-5-8(7)10(12)13/h1-4,7-8H,5H2,(H,12,13)/t7-,8+/m0/s1. The van der Waals surface area contributed by atoms with E-state index in [-0.39, 0.29) is 17.7 Å². The Morgan fingerprint density at radius 2 is 2.15 bits per heavy atom. The molecule has 2 rings (SSSR count). The zero-order valence-electron chi connectivity index (χ0n) is 6.90. The third-order valence-corrected chi connectivity index (χ3v) is 2.41. The van der Waals surface area contributed by atoms with E-state index in [0.717, 1.165) is 0 Å². The number of carboxylic acids is 1. The first kappa shape index (κ1) is 8.23. The number of rotatable bonds is 2. The van der Waals surface area contributed by atoms with Gasteiger partial charge in [0.25, 0.3) is 0 Å². The molecule has 68 valence electrons. The minimum atomic E-state index is -0.826. The second kappa shape index (κ2) is 2.83. The van der Waals surface area contributed by atoms with Crippen molar-refractivity contribution in [3.8, 4) is 0 Å². The van der Waals surface area contributed by atoms with E-state index in [2.05, 4.69) is 0 Å². The van der Waals surface area contributed by atoms with Crippen molar-refractivity contribution in [2.24, 2.45) is 5.92 Å². The normalized spacial score (nSPS) is 25.6. The van der Waals surface area contributed by atoms with E-state index in [1.54, 1.807) is 18.2 Å². The molecule has 1 aliphatic carbocycles. The maximum Gasteiger partial charge on any atom is 0.307 e. The van der Waals surface area contributed by atoms with Crippen molar-refractivity contribution in [1.29, 1.82) is 0 Å². The first-order chi connectivity index (χ1) is 6.20. The fraction of sp³-hybridized carbons (Fsp3) is 0.300. The SMILES string of the molecule is O=C(O)[C@@H]1C[C@H]1c1ccccc1F. The molecule has 0 aliphatic heterocycles. The topological polar surface area (TPSA) is 37.3 Å². The van der Waals surface area contributed by atoms with Gasteiger partial charge in [-0.25, -0.2) is 4.39 Å². The van der Waals surface area contributed by atoms with Gasteiger partial charge in [-0.3, -0.25) is 4.79 Å². The summed E-state index contributed by atoms with van der Waals surface area (Å²) in [5.74, 6) is -1.61. The van der Waals surface area contributed by atoms with Crippen LogP contribution in [0.3, 0.4) is 0 Å². The molecule has 0 bridgehead atoms. The van der Waals surface area contributed by atoms with Crippen molar-refractivity contribution >= 4 is 5.97 Å². The van der Waals surface area contributed by atoms with Crippen molar-refractivity contribution in [1.82, 2.24) is 0 Å². The minimum Gasteiger partial charge on any atom is -0.481 e. The molecule has 0 spiro atoms. The van der Waals surface area contributed by atoms with Crippen molar-refractivity contribution in [3.63, 3.8) is 0 Å². The molecule has 0 aromatic heterocycles. The highest BCUT2D eigenvalue weighted by Gasteiger charge is 2.45. The van der Waals surface area contributed by atoms with Crippen molar-refractivity contribution in [2.75, 3.05) is 0 Å². The number of aliphatic carboxylic acids is 1. The molecule has 0 saturated heterocycles. The van der Waals surface area contributed by atoms with Gasteiger partial charge in [0.05, 0.1) is 5.92 Å². The minimum absolute atomic E-state index is 0.112. The Morgan fingerprint density at radius 3 is 2.69 bits per heavy atom. The lowest BCUT2D eigenvalue weighted by molar-refractivity contribution is -0.138. The van der Waals surface area contributed by atoms with Crippen LogP contribution >= 0.6 is 0 Å². The molecule has 0 unspecified atom stereocenters. The zero-order chi connectivity index (χ0) is 9.42. The molecule has 1 aromatic carbocycles. The molecular weight excluding hydrogens is 171 g/mol. The van der Waals surface area contributed by atoms with Crippen molar-refractivity contribution < 1.29 is 14.3 Å². The summed E-state index contributed by atoms with van der Waals surface area (Å²) in [7, 11) is 0. The summed E-state index contributed by atoms with van der Waals surface area (Å²) in [4.78, 5) is 10.5. The van der Waals surface area contributed by atoms with E-state index in [9.17, 15) is 9.18 Å². The highest BCUT2D eigenvalue weighted by molar-refractivity contribution is 5.75. The molecular formula is C10H9FO2. The Bertz CT molecular complexity index is 349. The Balaban J connectivity index is 2.21. The van der Waals surface area contributed by atoms with Gasteiger partial charge in [0.1, 0.15) is 5.82 Å². The van der Waals surface area contributed by atoms with E-state index in [4.69, 9.17) is 5.11 Å². The fourth-order valence-electron chi connectivity index (χ4n) is 1.59. The van der Waals surface area contributed by atoms with E-state index >= 15 is 0 Å². The summed E-state index contributed by atoms with van der Waals surface area (Å²) in [5.41, 5.74) is 0.537. The fourth-order valence-corrected chi connectivity index (χ4v) is 1.59. The van der Waals surface area contributed by atoms with Gasteiger partial charge in [0.2, 0.25) is 0 Å². The van der Waals surface area contributed by atoms with Crippen LogP contribution < -0.4 is 0 Å². The summed E-state index contributed by atoms with van der Waals surface area (Å²) < 4.78 is 13.1. The molecule has 0 radical (unpaired) electrons. The Labute approximate surface area is 75.0 Å². The van der Waals surface area contributed by atoms with E-state index in [0.29, 0.717) is 12.0 Å². The molecule has 2 atom stereocenters. The molecule has 1 aliphatic rings. The van der Waals surface area contributed by atoms with Gasteiger partial charge < -0.3 is 5.11 Å². The number of hydrogen-bond donors (Lipinski definition) is 1. The highest BCUT2D eigenvalue weighted by atomic mass is 19.1. The van der Waals surface area contributed by atoms with Crippen LogP contribution in [-0.4, -0.2) is 11.1 Å². The maximum atomic E-state index is 13.1. The molecule has 1 fully saturated rings. The highest BCUT2D eigenvalue weighted by Crippen LogP contribution is 2.48. The molecule has 1 N–H and O–H groups in total. The van der Waals surface area contributed by atoms with Crippen LogP contribution in [0.4, 0.5) is 4.39 Å². The summed E-state index contributed by atoms with van der Waals surface area (Å²) in [6.07, 6.45) is 0.566. The van der Waals surface area contributed by atoms with Gasteiger partial charge in [0, 0.05) is 5.92 Å². The Kier molecular flexibility index (Phi) is 1.79. The van der Waals surface area contributed by atoms with Gasteiger partial charge in [-0.05, 0) is 18.1 Å². The number of carboxylic acid groups (broad SMARTS) is 1. The van der Waals surface area contributed by atoms with Crippen molar-refractivity contribution in [2.45, 2.75) is 12.3 Å². The Morgan fingerprint density at radius 1 is 1.46 bits per heavy atom. The number of halogens is 1. The number of hydrogen-bond acceptors (Lipinski definition) is 1. The zero-order valence-corrected chi connectivity index (χ0v) is 6.90. The molecule has 13 heavy (non-hydrogen) atoms. The summed E-state index contributed by atoms with van der Waals surface area (Å²) in [5, 5.41) is 8.65. The smallest absolute Gasteiger partial charge is 0.307 e. The van der Waals surface area contributed by atoms with Crippen LogP contribution in [0.2, 0.25) is 0 Å². The number of carbonyl (C=O) groups is 1. The molecule has 0 heterocycles. The maximum absolute atomic E-state index is 13.1. The third kappa shape index (κ3) is 1.41. The van der Waals surface area contributed by atoms with Crippen LogP contribution in [0.5, 0.6) is 0 Å². The lowest BCUT2D eigenvalue weighted by atomic mass is 10.1. The quantitative estimate of drug-likeness (QED) is 0.755. The predicted octanol–water partition coefficient (Wildman–Crippen LogP) is 2.01. The van der Waals surface area contributed by atoms with Gasteiger partial charge in [-0.1, -0.05) is 18.2 Å². The van der Waals surface area contributed by atoms with E-state index in [1.165, 1.54) is 6.07 Å². The summed E-state index contributed by atoms with van der Waals surface area (Å²) in [6, 6.07) is 6.36. The molecule has 3 heteroatoms. The monoisotopic (exact) mass is 180 g/mol. The first-order valence-electron chi connectivity index (χ1n) is 4.17. The van der Waals surface area contributed by atoms with Gasteiger partial charge in [-0.15, -0.1) is 0 Å². The Hall–Kier alpha value is -1.38. The van der Waals surface area contributed by atoms with Gasteiger partial charge >= 0.3 is 5.97 Å². The molecule has 1 saturated carbocycles. The van der Waals surface area contributed by atoms with Crippen LogP contribution in [0.15, 0.2) is 24.3 Å². The molecule has 2 nitrogen and oxygen atoms in total. The summed E-state index contributed by atoms with van der Waals surface area (Å²) >= 11 is 0. The molecule has 1 aromatic rings. The van der Waals surface area contributed by atoms with Gasteiger partial charge in [-0.2, -0.15) is 0 Å². The average molecular weight is 180 g/mol. The predicted molar refractivity (Wildman–Crippen MR) is 44.9 cm³/mol. The lowest BCUT2D eigenvalue weighted by Crippen LogP contribution is -1.99. The third-order valence-electron chi connectivity index (χ3n) is 2.41. The van der Waals surface area contributed by atoms with Crippen LogP contribution in [0, 0.1) is 11.7 Å². The molecule has 0 amide bonds. The van der Waals surface area contributed by atoms with E-state index in [1.807, 2.05) is 0 Å². The lowest BCUT2D eigenvalue weighted by Gasteiger charge is -1.99. The van der Waals surface area contributed by atoms with Crippen molar-refractivity contribution in [3.05, 3.63) is 35.6 Å². The summed E-state index contributed by atoms with van der Waals surface area (Å²) in [6.45, 7) is 0.